The molecule has 3 aromatic carbocycles. The molecule has 0 bridgehead atoms. The number of hydrogen-bond acceptors (Lipinski definition) is 2. The van der Waals surface area contributed by atoms with Gasteiger partial charge in [-0.15, -0.1) is 0 Å². The van der Waals surface area contributed by atoms with E-state index in [1.165, 1.54) is 16.7 Å². The maximum absolute atomic E-state index is 13.9. The molecule has 1 amide bonds. The minimum absolute atomic E-state index is 0.0613. The highest BCUT2D eigenvalue weighted by molar-refractivity contribution is 6.34. The second kappa shape index (κ2) is 10.1. The summed E-state index contributed by atoms with van der Waals surface area (Å²) in [5, 5.41) is 1.08. The zero-order valence-corrected chi connectivity index (χ0v) is 21.8. The summed E-state index contributed by atoms with van der Waals surface area (Å²) in [4.78, 5) is 18.3. The number of benzene rings is 3. The lowest BCUT2D eigenvalue weighted by molar-refractivity contribution is -0.137. The van der Waals surface area contributed by atoms with Gasteiger partial charge < -0.3 is 4.90 Å². The Balaban J connectivity index is 1.64. The minimum Gasteiger partial charge on any atom is -0.340 e. The second-order valence-corrected chi connectivity index (χ2v) is 10.8. The maximum Gasteiger partial charge on any atom is 0.232 e. The Labute approximate surface area is 213 Å². The number of nitrogens with zero attached hydrogens (tertiary/aromatic N) is 2. The lowest BCUT2D eigenvalue weighted by Gasteiger charge is -2.36. The van der Waals surface area contributed by atoms with Gasteiger partial charge in [0, 0.05) is 42.6 Å². The van der Waals surface area contributed by atoms with Crippen molar-refractivity contribution in [2.75, 3.05) is 20.1 Å². The van der Waals surface area contributed by atoms with E-state index in [0.717, 1.165) is 25.2 Å². The molecule has 3 nitrogen and oxygen atoms in total. The second-order valence-electron chi connectivity index (χ2n) is 9.91. The molecule has 1 fully saturated rings. The third-order valence-corrected chi connectivity index (χ3v) is 7.57. The van der Waals surface area contributed by atoms with Crippen LogP contribution in [0.5, 0.6) is 0 Å². The molecule has 0 aliphatic carbocycles. The number of carbonyl (C=O) groups excluding carboxylic acids is 1. The van der Waals surface area contributed by atoms with E-state index in [4.69, 9.17) is 23.2 Å². The van der Waals surface area contributed by atoms with Crippen molar-refractivity contribution in [3.63, 3.8) is 0 Å². The van der Waals surface area contributed by atoms with Crippen LogP contribution >= 0.6 is 23.2 Å². The molecular formula is C29H32Cl2N2O. The van der Waals surface area contributed by atoms with Crippen LogP contribution in [0.1, 0.15) is 42.0 Å². The predicted molar refractivity (Wildman–Crippen MR) is 142 cm³/mol. The summed E-state index contributed by atoms with van der Waals surface area (Å²) in [6, 6.07) is 24.5. The highest BCUT2D eigenvalue weighted by Crippen LogP contribution is 2.37. The normalized spacial score (nSPS) is 18.8. The van der Waals surface area contributed by atoms with E-state index in [0.29, 0.717) is 10.0 Å². The average molecular weight is 495 g/mol. The van der Waals surface area contributed by atoms with Gasteiger partial charge in [-0.25, -0.2) is 0 Å². The number of likely N-dealkylation sites (N-methyl/N-ethyl adjacent to an activating group) is 1. The van der Waals surface area contributed by atoms with Crippen molar-refractivity contribution in [3.8, 4) is 0 Å². The summed E-state index contributed by atoms with van der Waals surface area (Å²) >= 11 is 12.5. The molecule has 0 radical (unpaired) electrons. The molecule has 0 N–H and O–H groups in total. The Kier molecular flexibility index (Phi) is 7.37. The Bertz CT molecular complexity index is 1140. The van der Waals surface area contributed by atoms with Crippen LogP contribution in [-0.2, 0) is 16.8 Å². The van der Waals surface area contributed by atoms with Gasteiger partial charge in [-0.05, 0) is 61.2 Å². The standard InChI is InChI=1S/C29H32Cl2N2O/c1-20-10-8-9-13-25(20)26-18-33(17-21-11-6-5-7-12-21)19-27(26)32(4)28(34)29(2,3)22-14-23(30)16-24(31)15-22/h5-16,26-27H,17-19H2,1-4H3/t26-,27+/m0/s1. The molecule has 5 heteroatoms. The molecule has 0 unspecified atom stereocenters. The first-order valence-electron chi connectivity index (χ1n) is 11.7. The third-order valence-electron chi connectivity index (χ3n) is 7.14. The lowest BCUT2D eigenvalue weighted by atomic mass is 9.82. The van der Waals surface area contributed by atoms with Crippen LogP contribution in [0, 0.1) is 6.92 Å². The maximum atomic E-state index is 13.9. The summed E-state index contributed by atoms with van der Waals surface area (Å²) in [6.07, 6.45) is 0. The smallest absolute Gasteiger partial charge is 0.232 e. The van der Waals surface area contributed by atoms with Gasteiger partial charge in [0.2, 0.25) is 5.91 Å². The largest absolute Gasteiger partial charge is 0.340 e. The van der Waals surface area contributed by atoms with Crippen molar-refractivity contribution in [2.45, 2.75) is 44.7 Å². The fourth-order valence-electron chi connectivity index (χ4n) is 5.17. The zero-order valence-electron chi connectivity index (χ0n) is 20.3. The van der Waals surface area contributed by atoms with E-state index in [9.17, 15) is 4.79 Å². The van der Waals surface area contributed by atoms with Crippen molar-refractivity contribution in [1.29, 1.82) is 0 Å². The van der Waals surface area contributed by atoms with Crippen molar-refractivity contribution in [2.24, 2.45) is 0 Å². The number of halogens is 2. The SMILES string of the molecule is Cc1ccccc1[C@@H]1CN(Cc2ccccc2)C[C@H]1N(C)C(=O)C(C)(C)c1cc(Cl)cc(Cl)c1. The van der Waals surface area contributed by atoms with Gasteiger partial charge >= 0.3 is 0 Å². The molecule has 1 heterocycles. The average Bonchev–Trinajstić information content (AvgIpc) is 3.21. The molecule has 1 aliphatic rings. The van der Waals surface area contributed by atoms with Crippen LogP contribution in [0.3, 0.4) is 0 Å². The summed E-state index contributed by atoms with van der Waals surface area (Å²) in [7, 11) is 1.94. The van der Waals surface area contributed by atoms with Crippen LogP contribution in [0.15, 0.2) is 72.8 Å². The summed E-state index contributed by atoms with van der Waals surface area (Å²) in [5.41, 5.74) is 3.93. The molecule has 4 rings (SSSR count). The van der Waals surface area contributed by atoms with E-state index in [2.05, 4.69) is 60.4 Å². The summed E-state index contributed by atoms with van der Waals surface area (Å²) in [5.74, 6) is 0.300. The number of rotatable bonds is 6. The van der Waals surface area contributed by atoms with Crippen LogP contribution in [-0.4, -0.2) is 41.9 Å². The van der Waals surface area contributed by atoms with Gasteiger partial charge in [0.25, 0.3) is 0 Å². The van der Waals surface area contributed by atoms with Gasteiger partial charge in [-0.3, -0.25) is 9.69 Å². The van der Waals surface area contributed by atoms with Gasteiger partial charge in [0.05, 0.1) is 11.5 Å². The molecule has 0 spiro atoms. The monoisotopic (exact) mass is 494 g/mol. The molecule has 34 heavy (non-hydrogen) atoms. The highest BCUT2D eigenvalue weighted by Gasteiger charge is 2.42. The summed E-state index contributed by atoms with van der Waals surface area (Å²) in [6.45, 7) is 8.66. The molecule has 0 aromatic heterocycles. The third kappa shape index (κ3) is 5.17. The Morgan fingerprint density at radius 3 is 2.24 bits per heavy atom. The quantitative estimate of drug-likeness (QED) is 0.380. The highest BCUT2D eigenvalue weighted by atomic mass is 35.5. The minimum atomic E-state index is -0.758. The van der Waals surface area contributed by atoms with Gasteiger partial charge in [-0.2, -0.15) is 0 Å². The molecule has 1 aliphatic heterocycles. The first-order valence-corrected chi connectivity index (χ1v) is 12.5. The van der Waals surface area contributed by atoms with Gasteiger partial charge in [0.1, 0.15) is 0 Å². The Morgan fingerprint density at radius 1 is 0.971 bits per heavy atom. The molecule has 0 saturated carbocycles. The fraction of sp³-hybridized carbons (Fsp3) is 0.345. The van der Waals surface area contributed by atoms with Crippen molar-refractivity contribution < 1.29 is 4.79 Å². The van der Waals surface area contributed by atoms with Crippen LogP contribution < -0.4 is 0 Å². The first-order chi connectivity index (χ1) is 16.2. The van der Waals surface area contributed by atoms with Crippen molar-refractivity contribution >= 4 is 29.1 Å². The lowest BCUT2D eigenvalue weighted by Crippen LogP contribution is -2.49. The topological polar surface area (TPSA) is 23.6 Å². The van der Waals surface area contributed by atoms with Gasteiger partial charge in [0.15, 0.2) is 0 Å². The molecule has 1 saturated heterocycles. The van der Waals surface area contributed by atoms with Crippen molar-refractivity contribution in [3.05, 3.63) is 105 Å². The van der Waals surface area contributed by atoms with E-state index in [-0.39, 0.29) is 17.9 Å². The van der Waals surface area contributed by atoms with Crippen LogP contribution in [0.25, 0.3) is 0 Å². The molecule has 2 atom stereocenters. The fourth-order valence-corrected chi connectivity index (χ4v) is 5.69. The van der Waals surface area contributed by atoms with E-state index >= 15 is 0 Å². The summed E-state index contributed by atoms with van der Waals surface area (Å²) < 4.78 is 0. The van der Waals surface area contributed by atoms with Gasteiger partial charge in [-0.1, -0.05) is 77.8 Å². The van der Waals surface area contributed by atoms with E-state index in [1.54, 1.807) is 6.07 Å². The number of hydrogen-bond donors (Lipinski definition) is 0. The van der Waals surface area contributed by atoms with Crippen molar-refractivity contribution in [1.82, 2.24) is 9.80 Å². The van der Waals surface area contributed by atoms with E-state index < -0.39 is 5.41 Å². The molecule has 3 aromatic rings. The number of likely N-dealkylation sites (tertiary alicyclic amines) is 1. The van der Waals surface area contributed by atoms with Crippen LogP contribution in [0.2, 0.25) is 10.0 Å². The molecular weight excluding hydrogens is 463 g/mol. The predicted octanol–water partition coefficient (Wildman–Crippen LogP) is 6.71. The Hall–Kier alpha value is -2.33. The number of aryl methyl sites for hydroxylation is 1. The zero-order chi connectivity index (χ0) is 24.5. The molecule has 178 valence electrons. The van der Waals surface area contributed by atoms with Crippen LogP contribution in [0.4, 0.5) is 0 Å². The first kappa shape index (κ1) is 24.8. The number of amides is 1. The Morgan fingerprint density at radius 2 is 1.59 bits per heavy atom. The van der Waals surface area contributed by atoms with E-state index in [1.807, 2.05) is 44.0 Å². The number of carbonyl (C=O) groups is 1.